The minimum atomic E-state index is -0.0573. The molecular weight excluding hydrogens is 196 g/mol. The molecule has 0 aliphatic heterocycles. The largest absolute Gasteiger partial charge is 0.350 e. The van der Waals surface area contributed by atoms with Gasteiger partial charge in [0.15, 0.2) is 0 Å². The van der Waals surface area contributed by atoms with Gasteiger partial charge in [-0.1, -0.05) is 26.7 Å². The molecular formula is C10H16N2OS. The molecule has 1 N–H and O–H groups in total. The van der Waals surface area contributed by atoms with Crippen LogP contribution in [0.15, 0.2) is 10.9 Å². The monoisotopic (exact) mass is 212 g/mol. The van der Waals surface area contributed by atoms with E-state index < -0.39 is 0 Å². The van der Waals surface area contributed by atoms with Crippen molar-refractivity contribution in [1.29, 1.82) is 0 Å². The maximum absolute atomic E-state index is 11.5. The van der Waals surface area contributed by atoms with Crippen LogP contribution in [-0.2, 0) is 0 Å². The molecule has 1 aromatic heterocycles. The molecule has 78 valence electrons. The summed E-state index contributed by atoms with van der Waals surface area (Å²) in [6.45, 7) is 5.04. The number of hydrogen-bond acceptors (Lipinski definition) is 3. The van der Waals surface area contributed by atoms with Gasteiger partial charge in [-0.2, -0.15) is 0 Å². The number of carbonyl (C=O) groups excluding carboxylic acids is 1. The second kappa shape index (κ2) is 5.75. The summed E-state index contributed by atoms with van der Waals surface area (Å²) < 4.78 is 0. The highest BCUT2D eigenvalue weighted by Gasteiger charge is 2.09. The zero-order valence-corrected chi connectivity index (χ0v) is 9.43. The molecule has 14 heavy (non-hydrogen) atoms. The van der Waals surface area contributed by atoms with Crippen molar-refractivity contribution in [3.63, 3.8) is 0 Å². The van der Waals surface area contributed by atoms with Gasteiger partial charge in [-0.05, 0) is 5.92 Å². The van der Waals surface area contributed by atoms with Crippen LogP contribution >= 0.6 is 11.3 Å². The molecule has 4 heteroatoms. The second-order valence-corrected chi connectivity index (χ2v) is 3.98. The summed E-state index contributed by atoms with van der Waals surface area (Å²) in [6, 6.07) is 0. The summed E-state index contributed by atoms with van der Waals surface area (Å²) in [6.07, 6.45) is 2.21. The van der Waals surface area contributed by atoms with Gasteiger partial charge in [-0.25, -0.2) is 4.98 Å². The van der Waals surface area contributed by atoms with Crippen molar-refractivity contribution in [2.45, 2.75) is 26.7 Å². The fourth-order valence-corrected chi connectivity index (χ4v) is 1.76. The third-order valence-corrected chi connectivity index (χ3v) is 2.96. The summed E-state index contributed by atoms with van der Waals surface area (Å²) >= 11 is 1.44. The van der Waals surface area contributed by atoms with Gasteiger partial charge in [-0.3, -0.25) is 4.79 Å². The molecule has 0 fully saturated rings. The van der Waals surface area contributed by atoms with Gasteiger partial charge < -0.3 is 5.32 Å². The van der Waals surface area contributed by atoms with E-state index in [4.69, 9.17) is 0 Å². The Labute approximate surface area is 88.6 Å². The number of nitrogens with zero attached hydrogens (tertiary/aromatic N) is 1. The first-order valence-corrected chi connectivity index (χ1v) is 5.88. The number of aromatic nitrogens is 1. The number of rotatable bonds is 5. The van der Waals surface area contributed by atoms with Crippen LogP contribution in [0.3, 0.4) is 0 Å². The van der Waals surface area contributed by atoms with E-state index in [0.717, 1.165) is 19.4 Å². The van der Waals surface area contributed by atoms with E-state index >= 15 is 0 Å². The summed E-state index contributed by atoms with van der Waals surface area (Å²) in [5.74, 6) is 0.524. The quantitative estimate of drug-likeness (QED) is 0.813. The molecule has 1 amide bonds. The van der Waals surface area contributed by atoms with E-state index in [2.05, 4.69) is 24.1 Å². The number of amides is 1. The topological polar surface area (TPSA) is 42.0 Å². The van der Waals surface area contributed by atoms with E-state index in [1.807, 2.05) is 0 Å². The van der Waals surface area contributed by atoms with Crippen LogP contribution < -0.4 is 5.32 Å². The predicted molar refractivity (Wildman–Crippen MR) is 58.5 cm³/mol. The van der Waals surface area contributed by atoms with Crippen LogP contribution in [0.5, 0.6) is 0 Å². The molecule has 0 unspecified atom stereocenters. The molecule has 0 atom stereocenters. The molecule has 0 spiro atoms. The first-order valence-electron chi connectivity index (χ1n) is 4.94. The Kier molecular flexibility index (Phi) is 4.59. The number of thiazole rings is 1. The summed E-state index contributed by atoms with van der Waals surface area (Å²) in [5.41, 5.74) is 2.20. The van der Waals surface area contributed by atoms with Crippen LogP contribution in [0.1, 0.15) is 37.2 Å². The molecule has 0 radical (unpaired) electrons. The standard InChI is InChI=1S/C10H16N2OS/c1-3-8(4-2)5-11-10(13)9-6-14-7-12-9/h6-8H,3-5H2,1-2H3,(H,11,13). The minimum Gasteiger partial charge on any atom is -0.350 e. The minimum absolute atomic E-state index is 0.0573. The Bertz CT molecular complexity index is 268. The van der Waals surface area contributed by atoms with E-state index in [0.29, 0.717) is 11.6 Å². The summed E-state index contributed by atoms with van der Waals surface area (Å²) in [4.78, 5) is 15.4. The lowest BCUT2D eigenvalue weighted by Crippen LogP contribution is -2.29. The second-order valence-electron chi connectivity index (χ2n) is 3.27. The summed E-state index contributed by atoms with van der Waals surface area (Å²) in [5, 5.41) is 4.66. The predicted octanol–water partition coefficient (Wildman–Crippen LogP) is 2.31. The Morgan fingerprint density at radius 1 is 1.57 bits per heavy atom. The van der Waals surface area contributed by atoms with Crippen molar-refractivity contribution in [1.82, 2.24) is 10.3 Å². The van der Waals surface area contributed by atoms with Gasteiger partial charge in [0.2, 0.25) is 0 Å². The highest BCUT2D eigenvalue weighted by molar-refractivity contribution is 7.07. The average molecular weight is 212 g/mol. The molecule has 1 aromatic rings. The molecule has 3 nitrogen and oxygen atoms in total. The van der Waals surface area contributed by atoms with Crippen molar-refractivity contribution in [2.24, 2.45) is 5.92 Å². The molecule has 0 aromatic carbocycles. The Hall–Kier alpha value is -0.900. The fraction of sp³-hybridized carbons (Fsp3) is 0.600. The van der Waals surface area contributed by atoms with E-state index in [-0.39, 0.29) is 5.91 Å². The first kappa shape index (κ1) is 11.2. The maximum Gasteiger partial charge on any atom is 0.270 e. The third-order valence-electron chi connectivity index (χ3n) is 2.37. The highest BCUT2D eigenvalue weighted by atomic mass is 32.1. The lowest BCUT2D eigenvalue weighted by molar-refractivity contribution is 0.0942. The van der Waals surface area contributed by atoms with Crippen molar-refractivity contribution in [2.75, 3.05) is 6.54 Å². The van der Waals surface area contributed by atoms with Crippen molar-refractivity contribution < 1.29 is 4.79 Å². The Balaban J connectivity index is 2.35. The Morgan fingerprint density at radius 2 is 2.29 bits per heavy atom. The fourth-order valence-electron chi connectivity index (χ4n) is 1.23. The van der Waals surface area contributed by atoms with Crippen molar-refractivity contribution in [3.05, 3.63) is 16.6 Å². The third kappa shape index (κ3) is 3.10. The molecule has 0 saturated carbocycles. The van der Waals surface area contributed by atoms with Crippen LogP contribution in [-0.4, -0.2) is 17.4 Å². The van der Waals surface area contributed by atoms with Crippen LogP contribution in [0, 0.1) is 5.92 Å². The summed E-state index contributed by atoms with van der Waals surface area (Å²) in [7, 11) is 0. The number of carbonyl (C=O) groups is 1. The van der Waals surface area contributed by atoms with Crippen molar-refractivity contribution in [3.8, 4) is 0 Å². The van der Waals surface area contributed by atoms with Gasteiger partial charge in [0.25, 0.3) is 5.91 Å². The average Bonchev–Trinajstić information content (AvgIpc) is 2.72. The number of hydrogen-bond donors (Lipinski definition) is 1. The van der Waals surface area contributed by atoms with E-state index in [9.17, 15) is 4.79 Å². The number of nitrogens with one attached hydrogen (secondary N) is 1. The van der Waals surface area contributed by atoms with E-state index in [1.165, 1.54) is 11.3 Å². The normalized spacial score (nSPS) is 10.5. The Morgan fingerprint density at radius 3 is 2.79 bits per heavy atom. The lowest BCUT2D eigenvalue weighted by Gasteiger charge is -2.12. The molecule has 0 bridgehead atoms. The first-order chi connectivity index (χ1) is 6.77. The van der Waals surface area contributed by atoms with Gasteiger partial charge in [0, 0.05) is 11.9 Å². The van der Waals surface area contributed by atoms with Crippen LogP contribution in [0.25, 0.3) is 0 Å². The smallest absolute Gasteiger partial charge is 0.270 e. The van der Waals surface area contributed by atoms with Gasteiger partial charge >= 0.3 is 0 Å². The zero-order chi connectivity index (χ0) is 10.4. The highest BCUT2D eigenvalue weighted by Crippen LogP contribution is 2.06. The molecule has 1 rings (SSSR count). The van der Waals surface area contributed by atoms with Gasteiger partial charge in [0.1, 0.15) is 5.69 Å². The van der Waals surface area contributed by atoms with Crippen LogP contribution in [0.2, 0.25) is 0 Å². The molecule has 1 heterocycles. The van der Waals surface area contributed by atoms with Gasteiger partial charge in [-0.15, -0.1) is 11.3 Å². The zero-order valence-electron chi connectivity index (χ0n) is 8.62. The lowest BCUT2D eigenvalue weighted by atomic mass is 10.0. The SMILES string of the molecule is CCC(CC)CNC(=O)c1cscn1. The maximum atomic E-state index is 11.5. The molecule has 0 aliphatic rings. The molecule has 0 aliphatic carbocycles. The van der Waals surface area contributed by atoms with Gasteiger partial charge in [0.05, 0.1) is 5.51 Å². The molecule has 0 saturated heterocycles. The van der Waals surface area contributed by atoms with E-state index in [1.54, 1.807) is 10.9 Å². The van der Waals surface area contributed by atoms with Crippen LogP contribution in [0.4, 0.5) is 0 Å². The van der Waals surface area contributed by atoms with Crippen molar-refractivity contribution >= 4 is 17.2 Å².